The summed E-state index contributed by atoms with van der Waals surface area (Å²) < 4.78 is 5.75. The molecular weight excluding hydrogens is 272 g/mol. The average molecular weight is 286 g/mol. The fourth-order valence-corrected chi connectivity index (χ4v) is 3.56. The summed E-state index contributed by atoms with van der Waals surface area (Å²) in [7, 11) is 0. The van der Waals surface area contributed by atoms with Crippen LogP contribution in [-0.4, -0.2) is 23.4 Å². The molecule has 4 heteroatoms. The van der Waals surface area contributed by atoms with Gasteiger partial charge < -0.3 is 9.84 Å². The van der Waals surface area contributed by atoms with E-state index in [1.54, 1.807) is 24.3 Å². The van der Waals surface area contributed by atoms with Crippen LogP contribution in [0.25, 0.3) is 0 Å². The third kappa shape index (κ3) is 2.51. The van der Waals surface area contributed by atoms with Crippen molar-refractivity contribution in [2.24, 2.45) is 0 Å². The van der Waals surface area contributed by atoms with Gasteiger partial charge in [-0.2, -0.15) is 0 Å². The van der Waals surface area contributed by atoms with Crippen LogP contribution in [0.15, 0.2) is 53.4 Å². The van der Waals surface area contributed by atoms with E-state index in [9.17, 15) is 4.79 Å². The maximum Gasteiger partial charge on any atom is 0.339 e. The summed E-state index contributed by atoms with van der Waals surface area (Å²) in [5.74, 6) is 0.781. The molecule has 0 fully saturated rings. The summed E-state index contributed by atoms with van der Waals surface area (Å²) in [5, 5.41) is 9.13. The summed E-state index contributed by atoms with van der Waals surface area (Å²) in [6.07, 6.45) is 0. The first-order valence-electron chi connectivity index (χ1n) is 6.42. The predicted molar refractivity (Wildman–Crippen MR) is 78.8 cm³/mol. The fourth-order valence-electron chi connectivity index (χ4n) is 2.33. The molecule has 0 spiro atoms. The normalized spacial score (nSPS) is 16.7. The smallest absolute Gasteiger partial charge is 0.339 e. The van der Waals surface area contributed by atoms with Gasteiger partial charge >= 0.3 is 5.97 Å². The lowest BCUT2D eigenvalue weighted by Crippen LogP contribution is -2.11. The van der Waals surface area contributed by atoms with Crippen molar-refractivity contribution in [3.63, 3.8) is 0 Å². The van der Waals surface area contributed by atoms with Crippen LogP contribution in [0, 0.1) is 0 Å². The van der Waals surface area contributed by atoms with Gasteiger partial charge in [-0.15, -0.1) is 11.8 Å². The van der Waals surface area contributed by atoms with Crippen molar-refractivity contribution in [1.82, 2.24) is 0 Å². The van der Waals surface area contributed by atoms with Crippen molar-refractivity contribution >= 4 is 17.7 Å². The minimum atomic E-state index is -0.957. The fraction of sp³-hybridized carbons (Fsp3) is 0.188. The minimum Gasteiger partial charge on any atom is -0.492 e. The van der Waals surface area contributed by atoms with Crippen molar-refractivity contribution < 1.29 is 14.6 Å². The van der Waals surface area contributed by atoms with Gasteiger partial charge in [0.05, 0.1) is 6.61 Å². The highest BCUT2D eigenvalue weighted by Gasteiger charge is 2.23. The van der Waals surface area contributed by atoms with E-state index < -0.39 is 5.97 Å². The molecule has 0 saturated carbocycles. The highest BCUT2D eigenvalue weighted by Crippen LogP contribution is 2.39. The molecule has 3 rings (SSSR count). The molecule has 102 valence electrons. The third-order valence-corrected chi connectivity index (χ3v) is 4.61. The van der Waals surface area contributed by atoms with Crippen LogP contribution in [0.1, 0.15) is 21.8 Å². The second-order valence-electron chi connectivity index (χ2n) is 4.66. The number of ether oxygens (including phenoxy) is 1. The van der Waals surface area contributed by atoms with Gasteiger partial charge in [-0.3, -0.25) is 0 Å². The van der Waals surface area contributed by atoms with Gasteiger partial charge in [-0.25, -0.2) is 4.79 Å². The monoisotopic (exact) mass is 286 g/mol. The first-order valence-corrected chi connectivity index (χ1v) is 7.41. The molecule has 0 aliphatic carbocycles. The first-order chi connectivity index (χ1) is 9.75. The number of thioether (sulfide) groups is 1. The van der Waals surface area contributed by atoms with Gasteiger partial charge in [-0.1, -0.05) is 30.3 Å². The zero-order valence-electron chi connectivity index (χ0n) is 10.8. The Morgan fingerprint density at radius 1 is 1.20 bits per heavy atom. The van der Waals surface area contributed by atoms with Gasteiger partial charge in [0.2, 0.25) is 0 Å². The Kier molecular flexibility index (Phi) is 3.65. The van der Waals surface area contributed by atoms with E-state index in [1.165, 1.54) is 10.5 Å². The molecule has 1 N–H and O–H groups in total. The highest BCUT2D eigenvalue weighted by atomic mass is 32.2. The van der Waals surface area contributed by atoms with Crippen LogP contribution in [0.4, 0.5) is 0 Å². The van der Waals surface area contributed by atoms with E-state index >= 15 is 0 Å². The number of benzene rings is 2. The molecule has 1 aliphatic heterocycles. The van der Waals surface area contributed by atoms with Crippen molar-refractivity contribution in [2.45, 2.75) is 10.8 Å². The molecule has 2 aromatic rings. The number of rotatable bonds is 4. The molecule has 0 radical (unpaired) electrons. The zero-order chi connectivity index (χ0) is 13.9. The summed E-state index contributed by atoms with van der Waals surface area (Å²) in [6, 6.07) is 15.1. The number of carboxylic acid groups (broad SMARTS) is 1. The largest absolute Gasteiger partial charge is 0.492 e. The molecule has 0 aromatic heterocycles. The van der Waals surface area contributed by atoms with E-state index in [-0.39, 0.29) is 5.56 Å². The number of aromatic carboxylic acids is 1. The van der Waals surface area contributed by atoms with Crippen molar-refractivity contribution in [2.75, 3.05) is 12.4 Å². The van der Waals surface area contributed by atoms with E-state index in [0.717, 1.165) is 5.75 Å². The van der Waals surface area contributed by atoms with Crippen LogP contribution >= 0.6 is 11.8 Å². The molecule has 3 nitrogen and oxygen atoms in total. The average Bonchev–Trinajstić information content (AvgIpc) is 2.88. The van der Waals surface area contributed by atoms with E-state index in [4.69, 9.17) is 9.84 Å². The lowest BCUT2D eigenvalue weighted by atomic mass is 10.0. The van der Waals surface area contributed by atoms with Gasteiger partial charge in [-0.05, 0) is 23.8 Å². The summed E-state index contributed by atoms with van der Waals surface area (Å²) >= 11 is 1.83. The Labute approximate surface area is 121 Å². The molecule has 1 unspecified atom stereocenters. The van der Waals surface area contributed by atoms with Crippen LogP contribution in [0.3, 0.4) is 0 Å². The molecule has 20 heavy (non-hydrogen) atoms. The van der Waals surface area contributed by atoms with Crippen molar-refractivity contribution in [3.05, 3.63) is 59.7 Å². The number of hydrogen-bond donors (Lipinski definition) is 1. The number of fused-ring (bicyclic) bond motifs is 1. The second-order valence-corrected chi connectivity index (χ2v) is 5.72. The summed E-state index contributed by atoms with van der Waals surface area (Å²) in [5.41, 5.74) is 1.51. The number of carbonyl (C=O) groups is 1. The van der Waals surface area contributed by atoms with Gasteiger partial charge in [0.15, 0.2) is 0 Å². The van der Waals surface area contributed by atoms with E-state index in [0.29, 0.717) is 18.3 Å². The van der Waals surface area contributed by atoms with Crippen LogP contribution in [-0.2, 0) is 0 Å². The molecular formula is C16H14O3S. The molecule has 0 saturated heterocycles. The predicted octanol–water partition coefficient (Wildman–Crippen LogP) is 3.65. The quantitative estimate of drug-likeness (QED) is 0.932. The zero-order valence-corrected chi connectivity index (χ0v) is 11.6. The van der Waals surface area contributed by atoms with Crippen molar-refractivity contribution in [3.8, 4) is 5.75 Å². The highest BCUT2D eigenvalue weighted by molar-refractivity contribution is 7.99. The topological polar surface area (TPSA) is 46.5 Å². The van der Waals surface area contributed by atoms with Crippen LogP contribution in [0.2, 0.25) is 0 Å². The standard InChI is InChI=1S/C16H14O3S/c17-16(18)13-6-1-3-7-14(13)19-9-11-10-20-15-8-4-2-5-12(11)15/h1-8,11H,9-10H2,(H,17,18). The Morgan fingerprint density at radius 2 is 1.95 bits per heavy atom. The SMILES string of the molecule is O=C(O)c1ccccc1OCC1CSc2ccccc21. The Hall–Kier alpha value is -1.94. The Balaban J connectivity index is 1.74. The molecule has 1 aliphatic rings. The lowest BCUT2D eigenvalue weighted by molar-refractivity contribution is 0.0692. The van der Waals surface area contributed by atoms with Gasteiger partial charge in [0, 0.05) is 16.6 Å². The maximum atomic E-state index is 11.1. The third-order valence-electron chi connectivity index (χ3n) is 3.36. The Morgan fingerprint density at radius 3 is 2.80 bits per heavy atom. The molecule has 0 bridgehead atoms. The number of para-hydroxylation sites is 1. The summed E-state index contributed by atoms with van der Waals surface area (Å²) in [6.45, 7) is 0.508. The van der Waals surface area contributed by atoms with Crippen LogP contribution in [0.5, 0.6) is 5.75 Å². The van der Waals surface area contributed by atoms with Gasteiger partial charge in [0.1, 0.15) is 11.3 Å². The second kappa shape index (κ2) is 5.59. The van der Waals surface area contributed by atoms with E-state index in [2.05, 4.69) is 12.1 Å². The van der Waals surface area contributed by atoms with Crippen molar-refractivity contribution in [1.29, 1.82) is 0 Å². The number of carboxylic acids is 1. The molecule has 2 aromatic carbocycles. The molecule has 1 atom stereocenters. The maximum absolute atomic E-state index is 11.1. The Bertz CT molecular complexity index is 639. The molecule has 0 amide bonds. The van der Waals surface area contributed by atoms with Gasteiger partial charge in [0.25, 0.3) is 0 Å². The summed E-state index contributed by atoms with van der Waals surface area (Å²) in [4.78, 5) is 12.4. The first kappa shape index (κ1) is 13.1. The molecule has 1 heterocycles. The minimum absolute atomic E-state index is 0.214. The van der Waals surface area contributed by atoms with Crippen LogP contribution < -0.4 is 4.74 Å². The van der Waals surface area contributed by atoms with E-state index in [1.807, 2.05) is 23.9 Å². The lowest BCUT2D eigenvalue weighted by Gasteiger charge is -2.14. The number of hydrogen-bond acceptors (Lipinski definition) is 3.